The Morgan fingerprint density at radius 1 is 1.04 bits per heavy atom. The molecule has 1 aliphatic heterocycles. The van der Waals surface area contributed by atoms with Gasteiger partial charge in [0, 0.05) is 36.7 Å². The second-order valence-corrected chi connectivity index (χ2v) is 7.41. The molecule has 0 spiro atoms. The first-order valence-electron chi connectivity index (χ1n) is 8.74. The van der Waals surface area contributed by atoms with Crippen LogP contribution < -0.4 is 10.6 Å². The van der Waals surface area contributed by atoms with Crippen molar-refractivity contribution in [3.05, 3.63) is 70.2 Å². The quantitative estimate of drug-likeness (QED) is 0.797. The zero-order chi connectivity index (χ0) is 17.5. The number of halogens is 1. The fourth-order valence-corrected chi connectivity index (χ4v) is 3.59. The summed E-state index contributed by atoms with van der Waals surface area (Å²) in [6, 6.07) is 18.7. The number of rotatable bonds is 5. The monoisotopic (exact) mass is 401 g/mol. The number of nitrogens with one attached hydrogen (secondary N) is 2. The molecular weight excluding hydrogens is 378 g/mol. The van der Waals surface area contributed by atoms with Crippen LogP contribution in [0.5, 0.6) is 0 Å². The molecular formula is C20H24BrN3O. The first-order chi connectivity index (χ1) is 12.2. The summed E-state index contributed by atoms with van der Waals surface area (Å²) < 4.78 is 1.03. The van der Waals surface area contributed by atoms with Crippen molar-refractivity contribution < 1.29 is 4.79 Å². The maximum Gasteiger partial charge on any atom is 0.315 e. The van der Waals surface area contributed by atoms with Crippen LogP contribution in [0.25, 0.3) is 0 Å². The van der Waals surface area contributed by atoms with Gasteiger partial charge in [-0.05, 0) is 36.1 Å². The van der Waals surface area contributed by atoms with Gasteiger partial charge in [-0.15, -0.1) is 0 Å². The second-order valence-electron chi connectivity index (χ2n) is 6.49. The van der Waals surface area contributed by atoms with Gasteiger partial charge in [0.15, 0.2) is 0 Å². The number of hydrogen-bond acceptors (Lipinski definition) is 2. The highest BCUT2D eigenvalue weighted by Gasteiger charge is 2.20. The Kier molecular flexibility index (Phi) is 6.48. The Balaban J connectivity index is 1.37. The molecule has 0 aromatic heterocycles. The average Bonchev–Trinajstić information content (AvgIpc) is 2.63. The van der Waals surface area contributed by atoms with Crippen LogP contribution in [0.2, 0.25) is 0 Å². The van der Waals surface area contributed by atoms with E-state index in [0.29, 0.717) is 6.54 Å². The van der Waals surface area contributed by atoms with Crippen molar-refractivity contribution in [2.24, 2.45) is 0 Å². The van der Waals surface area contributed by atoms with Gasteiger partial charge in [-0.25, -0.2) is 4.79 Å². The van der Waals surface area contributed by atoms with E-state index in [1.807, 2.05) is 30.3 Å². The summed E-state index contributed by atoms with van der Waals surface area (Å²) in [7, 11) is 0. The lowest BCUT2D eigenvalue weighted by Crippen LogP contribution is -2.47. The Hall–Kier alpha value is -1.85. The zero-order valence-corrected chi connectivity index (χ0v) is 15.8. The maximum atomic E-state index is 12.1. The molecule has 1 fully saturated rings. The molecule has 132 valence electrons. The lowest BCUT2D eigenvalue weighted by atomic mass is 10.0. The molecule has 0 bridgehead atoms. The first-order valence-corrected chi connectivity index (χ1v) is 9.53. The molecule has 1 heterocycles. The fraction of sp³-hybridized carbons (Fsp3) is 0.350. The molecule has 25 heavy (non-hydrogen) atoms. The average molecular weight is 402 g/mol. The van der Waals surface area contributed by atoms with Gasteiger partial charge in [0.25, 0.3) is 0 Å². The third-order valence-corrected chi connectivity index (χ3v) is 5.01. The molecule has 4 nitrogen and oxygen atoms in total. The summed E-state index contributed by atoms with van der Waals surface area (Å²) in [6.07, 6.45) is 1.99. The molecule has 0 radical (unpaired) electrons. The van der Waals surface area contributed by atoms with Crippen LogP contribution in [0.1, 0.15) is 24.0 Å². The van der Waals surface area contributed by atoms with Crippen molar-refractivity contribution in [1.29, 1.82) is 0 Å². The summed E-state index contributed by atoms with van der Waals surface area (Å²) in [4.78, 5) is 14.5. The lowest BCUT2D eigenvalue weighted by molar-refractivity contribution is 0.186. The SMILES string of the molecule is O=C(NCc1cccc(Br)c1)NC1CCN(Cc2ccccc2)CC1. The summed E-state index contributed by atoms with van der Waals surface area (Å²) in [6.45, 7) is 3.57. The van der Waals surface area contributed by atoms with Crippen molar-refractivity contribution in [3.63, 3.8) is 0 Å². The molecule has 0 unspecified atom stereocenters. The minimum Gasteiger partial charge on any atom is -0.335 e. The summed E-state index contributed by atoms with van der Waals surface area (Å²) in [5.74, 6) is 0. The number of likely N-dealkylation sites (tertiary alicyclic amines) is 1. The van der Waals surface area contributed by atoms with Crippen molar-refractivity contribution in [3.8, 4) is 0 Å². The van der Waals surface area contributed by atoms with E-state index in [4.69, 9.17) is 0 Å². The minimum absolute atomic E-state index is 0.0820. The van der Waals surface area contributed by atoms with E-state index in [0.717, 1.165) is 42.5 Å². The molecule has 2 aromatic rings. The van der Waals surface area contributed by atoms with Crippen LogP contribution in [-0.2, 0) is 13.1 Å². The molecule has 2 aromatic carbocycles. The van der Waals surface area contributed by atoms with E-state index in [9.17, 15) is 4.79 Å². The Labute approximate surface area is 157 Å². The molecule has 2 amide bonds. The number of carbonyl (C=O) groups is 1. The van der Waals surface area contributed by atoms with Crippen molar-refractivity contribution in [2.75, 3.05) is 13.1 Å². The smallest absolute Gasteiger partial charge is 0.315 e. The van der Waals surface area contributed by atoms with E-state index < -0.39 is 0 Å². The number of nitrogens with zero attached hydrogens (tertiary/aromatic N) is 1. The van der Waals surface area contributed by atoms with Gasteiger partial charge in [-0.3, -0.25) is 4.90 Å². The third kappa shape index (κ3) is 5.87. The van der Waals surface area contributed by atoms with E-state index in [-0.39, 0.29) is 12.1 Å². The number of carbonyl (C=O) groups excluding carboxylic acids is 1. The topological polar surface area (TPSA) is 44.4 Å². The van der Waals surface area contributed by atoms with Crippen LogP contribution in [0.15, 0.2) is 59.1 Å². The van der Waals surface area contributed by atoms with E-state index in [1.54, 1.807) is 0 Å². The highest BCUT2D eigenvalue weighted by Crippen LogP contribution is 2.14. The Bertz CT molecular complexity index is 684. The first kappa shape index (κ1) is 18.0. The molecule has 5 heteroatoms. The molecule has 1 saturated heterocycles. The van der Waals surface area contributed by atoms with Crippen LogP contribution in [0.3, 0.4) is 0 Å². The van der Waals surface area contributed by atoms with Crippen LogP contribution in [0, 0.1) is 0 Å². The van der Waals surface area contributed by atoms with Crippen molar-refractivity contribution in [1.82, 2.24) is 15.5 Å². The number of urea groups is 1. The van der Waals surface area contributed by atoms with Gasteiger partial charge in [-0.1, -0.05) is 58.4 Å². The summed E-state index contributed by atoms with van der Waals surface area (Å²) in [5, 5.41) is 6.04. The van der Waals surface area contributed by atoms with Gasteiger partial charge in [0.1, 0.15) is 0 Å². The predicted molar refractivity (Wildman–Crippen MR) is 104 cm³/mol. The number of amides is 2. The highest BCUT2D eigenvalue weighted by atomic mass is 79.9. The van der Waals surface area contributed by atoms with E-state index in [2.05, 4.69) is 55.7 Å². The number of benzene rings is 2. The second kappa shape index (κ2) is 9.02. The lowest BCUT2D eigenvalue weighted by Gasteiger charge is -2.32. The normalized spacial score (nSPS) is 15.7. The summed E-state index contributed by atoms with van der Waals surface area (Å²) >= 11 is 3.45. The molecule has 1 aliphatic rings. The van der Waals surface area contributed by atoms with Crippen molar-refractivity contribution >= 4 is 22.0 Å². The standard InChI is InChI=1S/C20H24BrN3O/c21-18-8-4-7-17(13-18)14-22-20(25)23-19-9-11-24(12-10-19)15-16-5-2-1-3-6-16/h1-8,13,19H,9-12,14-15H2,(H2,22,23,25). The minimum atomic E-state index is -0.0820. The molecule has 0 saturated carbocycles. The number of hydrogen-bond donors (Lipinski definition) is 2. The molecule has 0 atom stereocenters. The van der Waals surface area contributed by atoms with Gasteiger partial charge in [0.05, 0.1) is 0 Å². The van der Waals surface area contributed by atoms with E-state index >= 15 is 0 Å². The zero-order valence-electron chi connectivity index (χ0n) is 14.2. The van der Waals surface area contributed by atoms with Gasteiger partial charge >= 0.3 is 6.03 Å². The van der Waals surface area contributed by atoms with Crippen LogP contribution in [0.4, 0.5) is 4.79 Å². The maximum absolute atomic E-state index is 12.1. The van der Waals surface area contributed by atoms with Gasteiger partial charge < -0.3 is 10.6 Å². The molecule has 0 aliphatic carbocycles. The Morgan fingerprint density at radius 2 is 1.76 bits per heavy atom. The largest absolute Gasteiger partial charge is 0.335 e. The van der Waals surface area contributed by atoms with E-state index in [1.165, 1.54) is 5.56 Å². The third-order valence-electron chi connectivity index (χ3n) is 4.51. The van der Waals surface area contributed by atoms with Gasteiger partial charge in [-0.2, -0.15) is 0 Å². The van der Waals surface area contributed by atoms with Crippen LogP contribution in [-0.4, -0.2) is 30.1 Å². The van der Waals surface area contributed by atoms with Crippen molar-refractivity contribution in [2.45, 2.75) is 32.0 Å². The Morgan fingerprint density at radius 3 is 2.48 bits per heavy atom. The predicted octanol–water partition coefficient (Wildman–Crippen LogP) is 3.91. The van der Waals surface area contributed by atoms with Gasteiger partial charge in [0.2, 0.25) is 0 Å². The summed E-state index contributed by atoms with van der Waals surface area (Å²) in [5.41, 5.74) is 2.43. The number of piperidine rings is 1. The molecule has 3 rings (SSSR count). The fourth-order valence-electron chi connectivity index (χ4n) is 3.14. The van der Waals surface area contributed by atoms with Crippen LogP contribution >= 0.6 is 15.9 Å². The highest BCUT2D eigenvalue weighted by molar-refractivity contribution is 9.10. The molecule has 2 N–H and O–H groups in total.